The number of unbranched alkanes of at least 4 members (excludes halogenated alkanes) is 2. The Kier molecular flexibility index (Phi) is 10.6. The number of hydrogen-bond donors (Lipinski definition) is 2. The van der Waals surface area contributed by atoms with Gasteiger partial charge in [0.1, 0.15) is 11.6 Å². The molecule has 0 saturated carbocycles. The zero-order chi connectivity index (χ0) is 33.4. The Balaban J connectivity index is 1.49. The monoisotopic (exact) mass is 654 g/mol. The predicted octanol–water partition coefficient (Wildman–Crippen LogP) is 7.34. The summed E-state index contributed by atoms with van der Waals surface area (Å²) in [5.41, 5.74) is 3.82. The first-order valence-corrected chi connectivity index (χ1v) is 17.0. The van der Waals surface area contributed by atoms with E-state index in [2.05, 4.69) is 10.0 Å². The van der Waals surface area contributed by atoms with Gasteiger partial charge in [0.2, 0.25) is 5.91 Å². The van der Waals surface area contributed by atoms with Crippen molar-refractivity contribution in [2.24, 2.45) is 0 Å². The van der Waals surface area contributed by atoms with Crippen molar-refractivity contribution in [3.05, 3.63) is 97.1 Å². The second-order valence-electron chi connectivity index (χ2n) is 11.3. The van der Waals surface area contributed by atoms with Crippen LogP contribution in [0.15, 0.2) is 102 Å². The highest BCUT2D eigenvalue weighted by Crippen LogP contribution is 2.36. The van der Waals surface area contributed by atoms with Gasteiger partial charge >= 0.3 is 5.97 Å². The normalized spacial score (nSPS) is 11.4. The summed E-state index contributed by atoms with van der Waals surface area (Å²) in [7, 11) is -4.04. The number of para-hydroxylation sites is 1. The lowest BCUT2D eigenvalue weighted by molar-refractivity contribution is -0.147. The number of sulfonamides is 1. The number of esters is 1. The van der Waals surface area contributed by atoms with Crippen molar-refractivity contribution in [2.45, 2.75) is 57.5 Å². The third-order valence-electron chi connectivity index (χ3n) is 7.18. The van der Waals surface area contributed by atoms with Gasteiger partial charge in [-0.3, -0.25) is 18.9 Å². The van der Waals surface area contributed by atoms with E-state index in [1.807, 2.05) is 79.1 Å². The molecular weight excluding hydrogens is 616 g/mol. The van der Waals surface area contributed by atoms with E-state index in [9.17, 15) is 18.0 Å². The first-order valence-electron chi connectivity index (χ1n) is 15.5. The molecule has 5 rings (SSSR count). The molecule has 10 nitrogen and oxygen atoms in total. The second kappa shape index (κ2) is 15.0. The highest BCUT2D eigenvalue weighted by molar-refractivity contribution is 7.92. The quantitative estimate of drug-likeness (QED) is 0.0947. The number of nitrogens with zero attached hydrogens (tertiary/aromatic N) is 2. The molecule has 11 heteroatoms. The molecule has 5 aromatic rings. The van der Waals surface area contributed by atoms with Crippen LogP contribution in [0.1, 0.15) is 46.5 Å². The minimum atomic E-state index is -4.04. The first-order chi connectivity index (χ1) is 22.6. The number of benzene rings is 4. The van der Waals surface area contributed by atoms with Gasteiger partial charge in [0.25, 0.3) is 10.0 Å². The van der Waals surface area contributed by atoms with Crippen LogP contribution in [0.2, 0.25) is 0 Å². The zero-order valence-corrected chi connectivity index (χ0v) is 27.4. The summed E-state index contributed by atoms with van der Waals surface area (Å²) in [6.07, 6.45) is 2.22. The van der Waals surface area contributed by atoms with Crippen LogP contribution in [-0.2, 0) is 24.3 Å². The Labute approximate surface area is 274 Å². The number of carbonyl (C=O) groups excluding carboxylic acids is 2. The van der Waals surface area contributed by atoms with Crippen LogP contribution < -0.4 is 14.8 Å². The standard InChI is InChI=1S/C36H38N4O6S/c1-25(2)46-35(42)17-11-6-12-22-45-34-24-33-31(23-32(34)39-47(43,44)30-20-18-28(19-21-30)37-26(3)41)38-36(27-13-7-4-8-14-27)40(33)29-15-9-5-10-16-29/h4-5,7-10,13-16,18-21,23-25,39H,6,11-12,17,22H2,1-3H3,(H,37,41). The number of carbonyl (C=O) groups is 2. The number of nitrogens with one attached hydrogen (secondary N) is 2. The van der Waals surface area contributed by atoms with Crippen molar-refractivity contribution in [3.63, 3.8) is 0 Å². The van der Waals surface area contributed by atoms with Gasteiger partial charge in [-0.05, 0) is 75.6 Å². The average molecular weight is 655 g/mol. The number of imidazole rings is 1. The predicted molar refractivity (Wildman–Crippen MR) is 183 cm³/mol. The molecule has 0 fully saturated rings. The van der Waals surface area contributed by atoms with Gasteiger partial charge in [0.05, 0.1) is 34.3 Å². The van der Waals surface area contributed by atoms with Crippen molar-refractivity contribution in [3.8, 4) is 22.8 Å². The third-order valence-corrected chi connectivity index (χ3v) is 8.56. The Hall–Kier alpha value is -5.16. The van der Waals surface area contributed by atoms with Crippen LogP contribution in [0.5, 0.6) is 5.75 Å². The summed E-state index contributed by atoms with van der Waals surface area (Å²) >= 11 is 0. The minimum Gasteiger partial charge on any atom is -0.491 e. The van der Waals surface area contributed by atoms with Gasteiger partial charge in [-0.25, -0.2) is 13.4 Å². The maximum atomic E-state index is 13.6. The van der Waals surface area contributed by atoms with Crippen LogP contribution in [0.4, 0.5) is 11.4 Å². The van der Waals surface area contributed by atoms with Gasteiger partial charge in [-0.15, -0.1) is 0 Å². The van der Waals surface area contributed by atoms with E-state index < -0.39 is 10.0 Å². The summed E-state index contributed by atoms with van der Waals surface area (Å²) in [6.45, 7) is 5.33. The summed E-state index contributed by atoms with van der Waals surface area (Å²) in [4.78, 5) is 28.3. The van der Waals surface area contributed by atoms with E-state index in [0.717, 1.165) is 23.2 Å². The van der Waals surface area contributed by atoms with E-state index in [4.69, 9.17) is 14.5 Å². The number of aromatic nitrogens is 2. The molecule has 4 aromatic carbocycles. The summed E-state index contributed by atoms with van der Waals surface area (Å²) in [5.74, 6) is 0.553. The van der Waals surface area contributed by atoms with Crippen molar-refractivity contribution in [1.29, 1.82) is 0 Å². The fourth-order valence-electron chi connectivity index (χ4n) is 5.10. The molecule has 1 aromatic heterocycles. The highest BCUT2D eigenvalue weighted by Gasteiger charge is 2.22. The number of anilines is 2. The van der Waals surface area contributed by atoms with Crippen LogP contribution in [0.25, 0.3) is 28.1 Å². The Morgan fingerprint density at radius 3 is 2.21 bits per heavy atom. The van der Waals surface area contributed by atoms with Crippen molar-refractivity contribution >= 4 is 44.3 Å². The van der Waals surface area contributed by atoms with Crippen LogP contribution in [-0.4, -0.2) is 42.6 Å². The number of amides is 1. The van der Waals surface area contributed by atoms with Gasteiger partial charge in [0, 0.05) is 36.3 Å². The molecule has 0 saturated heterocycles. The van der Waals surface area contributed by atoms with Crippen LogP contribution in [0, 0.1) is 0 Å². The van der Waals surface area contributed by atoms with E-state index >= 15 is 0 Å². The SMILES string of the molecule is CC(=O)Nc1ccc(S(=O)(=O)Nc2cc3nc(-c4ccccc4)n(-c4ccccc4)c3cc2OCCCCCC(=O)OC(C)C)cc1. The summed E-state index contributed by atoms with van der Waals surface area (Å²) in [6, 6.07) is 29.0. The van der Waals surface area contributed by atoms with E-state index in [1.165, 1.54) is 31.2 Å². The van der Waals surface area contributed by atoms with Crippen molar-refractivity contribution in [1.82, 2.24) is 9.55 Å². The number of fused-ring (bicyclic) bond motifs is 1. The maximum Gasteiger partial charge on any atom is 0.306 e. The fourth-order valence-corrected chi connectivity index (χ4v) is 6.16. The van der Waals surface area contributed by atoms with E-state index in [1.54, 1.807) is 12.1 Å². The van der Waals surface area contributed by atoms with E-state index in [-0.39, 0.29) is 28.6 Å². The number of hydrogen-bond acceptors (Lipinski definition) is 7. The lowest BCUT2D eigenvalue weighted by Gasteiger charge is -2.15. The smallest absolute Gasteiger partial charge is 0.306 e. The molecule has 0 radical (unpaired) electrons. The van der Waals surface area contributed by atoms with Gasteiger partial charge < -0.3 is 14.8 Å². The number of rotatable bonds is 14. The molecule has 0 atom stereocenters. The topological polar surface area (TPSA) is 129 Å². The average Bonchev–Trinajstić information content (AvgIpc) is 3.41. The molecule has 0 spiro atoms. The fraction of sp³-hybridized carbons (Fsp3) is 0.250. The lowest BCUT2D eigenvalue weighted by atomic mass is 10.2. The van der Waals surface area contributed by atoms with Crippen molar-refractivity contribution < 1.29 is 27.5 Å². The highest BCUT2D eigenvalue weighted by atomic mass is 32.2. The molecule has 0 aliphatic heterocycles. The summed E-state index contributed by atoms with van der Waals surface area (Å²) < 4.78 is 43.3. The number of ether oxygens (including phenoxy) is 2. The second-order valence-corrected chi connectivity index (χ2v) is 13.0. The largest absolute Gasteiger partial charge is 0.491 e. The van der Waals surface area contributed by atoms with Crippen LogP contribution >= 0.6 is 0 Å². The van der Waals surface area contributed by atoms with Crippen LogP contribution in [0.3, 0.4) is 0 Å². The molecule has 1 heterocycles. The van der Waals surface area contributed by atoms with Crippen molar-refractivity contribution in [2.75, 3.05) is 16.6 Å². The Morgan fingerprint density at radius 1 is 0.872 bits per heavy atom. The lowest BCUT2D eigenvalue weighted by Crippen LogP contribution is -2.14. The molecule has 0 unspecified atom stereocenters. The zero-order valence-electron chi connectivity index (χ0n) is 26.6. The van der Waals surface area contributed by atoms with E-state index in [0.29, 0.717) is 48.6 Å². The maximum absolute atomic E-state index is 13.6. The molecule has 244 valence electrons. The Morgan fingerprint density at radius 2 is 1.55 bits per heavy atom. The molecule has 1 amide bonds. The summed E-state index contributed by atoms with van der Waals surface area (Å²) in [5, 5.41) is 2.64. The Bertz CT molecular complexity index is 1940. The molecular formula is C36H38N4O6S. The third kappa shape index (κ3) is 8.56. The molecule has 47 heavy (non-hydrogen) atoms. The first kappa shape index (κ1) is 33.2. The molecule has 0 bridgehead atoms. The minimum absolute atomic E-state index is 0.0192. The molecule has 0 aliphatic carbocycles. The molecule has 0 aliphatic rings. The molecule has 2 N–H and O–H groups in total. The van der Waals surface area contributed by atoms with Gasteiger partial charge in [0.15, 0.2) is 0 Å². The van der Waals surface area contributed by atoms with Gasteiger partial charge in [-0.2, -0.15) is 0 Å². The van der Waals surface area contributed by atoms with Gasteiger partial charge in [-0.1, -0.05) is 48.5 Å².